The molecule has 17 heavy (non-hydrogen) atoms. The molecule has 0 heterocycles. The first kappa shape index (κ1) is 13.0. The molecule has 0 fully saturated rings. The quantitative estimate of drug-likeness (QED) is 0.801. The number of nitrogens with two attached hydrogens (primary N) is 1. The Balaban J connectivity index is 2.66. The summed E-state index contributed by atoms with van der Waals surface area (Å²) in [5.74, 6) is 0.305. The van der Waals surface area contributed by atoms with E-state index >= 15 is 0 Å². The smallest absolute Gasteiger partial charge is 0.241 e. The zero-order valence-corrected chi connectivity index (χ0v) is 9.64. The van der Waals surface area contributed by atoms with E-state index in [9.17, 15) is 4.79 Å². The maximum Gasteiger partial charge on any atom is 0.241 e. The van der Waals surface area contributed by atoms with Gasteiger partial charge in [-0.25, -0.2) is 0 Å². The van der Waals surface area contributed by atoms with Crippen LogP contribution < -0.4 is 15.8 Å². The van der Waals surface area contributed by atoms with Crippen LogP contribution in [0.25, 0.3) is 0 Å². The Hall–Kier alpha value is -2.06. The number of anilines is 1. The lowest BCUT2D eigenvalue weighted by Gasteiger charge is -2.10. The number of carbonyl (C=O) groups is 1. The van der Waals surface area contributed by atoms with Gasteiger partial charge in [0.15, 0.2) is 6.61 Å². The topological polar surface area (TPSA) is 88.1 Å². The first-order chi connectivity index (χ1) is 8.17. The Bertz CT molecular complexity index is 426. The third-order valence-electron chi connectivity index (χ3n) is 2.18. The number of hydrogen-bond donors (Lipinski definition) is 2. The van der Waals surface area contributed by atoms with E-state index < -0.39 is 6.04 Å². The SMILES string of the molecule is CC[C@H](N)C(=O)Nc1cccc(OCC#N)c1. The number of nitrogens with one attached hydrogen (secondary N) is 1. The van der Waals surface area contributed by atoms with Crippen molar-refractivity contribution in [1.82, 2.24) is 0 Å². The summed E-state index contributed by atoms with van der Waals surface area (Å²) in [5, 5.41) is 11.1. The molecule has 0 unspecified atom stereocenters. The van der Waals surface area contributed by atoms with Crippen LogP contribution >= 0.6 is 0 Å². The number of ether oxygens (including phenoxy) is 1. The molecule has 1 amide bonds. The van der Waals surface area contributed by atoms with Crippen molar-refractivity contribution in [2.45, 2.75) is 19.4 Å². The second-order valence-electron chi connectivity index (χ2n) is 3.48. The highest BCUT2D eigenvalue weighted by atomic mass is 16.5. The fraction of sp³-hybridized carbons (Fsp3) is 0.333. The molecular weight excluding hydrogens is 218 g/mol. The van der Waals surface area contributed by atoms with Crippen LogP contribution in [0.3, 0.4) is 0 Å². The van der Waals surface area contributed by atoms with Crippen LogP contribution in [0.5, 0.6) is 5.75 Å². The molecule has 0 aromatic heterocycles. The second-order valence-corrected chi connectivity index (χ2v) is 3.48. The maximum atomic E-state index is 11.5. The number of benzene rings is 1. The van der Waals surface area contributed by atoms with E-state index in [1.165, 1.54) is 0 Å². The van der Waals surface area contributed by atoms with Crippen LogP contribution in [0.1, 0.15) is 13.3 Å². The standard InChI is InChI=1S/C12H15N3O2/c1-2-11(14)12(16)15-9-4-3-5-10(8-9)17-7-6-13/h3-5,8,11H,2,7,14H2,1H3,(H,15,16)/t11-/m0/s1. The van der Waals surface area contributed by atoms with Crippen LogP contribution in [0, 0.1) is 11.3 Å². The molecule has 0 aliphatic rings. The highest BCUT2D eigenvalue weighted by molar-refractivity contribution is 5.94. The molecule has 5 nitrogen and oxygen atoms in total. The monoisotopic (exact) mass is 233 g/mol. The van der Waals surface area contributed by atoms with E-state index in [0.717, 1.165) is 0 Å². The molecule has 1 atom stereocenters. The van der Waals surface area contributed by atoms with Crippen molar-refractivity contribution in [3.63, 3.8) is 0 Å². The van der Waals surface area contributed by atoms with Crippen molar-refractivity contribution >= 4 is 11.6 Å². The maximum absolute atomic E-state index is 11.5. The summed E-state index contributed by atoms with van der Waals surface area (Å²) >= 11 is 0. The Labute approximate surface area is 100 Å². The number of carbonyl (C=O) groups excluding carboxylic acids is 1. The lowest BCUT2D eigenvalue weighted by atomic mass is 10.2. The van der Waals surface area contributed by atoms with E-state index in [1.807, 2.05) is 13.0 Å². The first-order valence-electron chi connectivity index (χ1n) is 5.33. The molecule has 90 valence electrons. The van der Waals surface area contributed by atoms with Crippen LogP contribution in [0.4, 0.5) is 5.69 Å². The number of amides is 1. The zero-order valence-electron chi connectivity index (χ0n) is 9.64. The van der Waals surface area contributed by atoms with Gasteiger partial charge in [-0.1, -0.05) is 13.0 Å². The Kier molecular flexibility index (Phi) is 4.98. The fourth-order valence-corrected chi connectivity index (χ4v) is 1.20. The number of rotatable bonds is 5. The normalized spacial score (nSPS) is 11.4. The van der Waals surface area contributed by atoms with Gasteiger partial charge in [0.25, 0.3) is 0 Å². The van der Waals surface area contributed by atoms with Gasteiger partial charge in [-0.2, -0.15) is 5.26 Å². The summed E-state index contributed by atoms with van der Waals surface area (Å²) in [6, 6.07) is 8.20. The lowest BCUT2D eigenvalue weighted by molar-refractivity contribution is -0.117. The van der Waals surface area contributed by atoms with Gasteiger partial charge in [-0.15, -0.1) is 0 Å². The zero-order chi connectivity index (χ0) is 12.7. The van der Waals surface area contributed by atoms with E-state index in [2.05, 4.69) is 5.32 Å². The molecule has 1 aromatic carbocycles. The molecule has 0 radical (unpaired) electrons. The van der Waals surface area contributed by atoms with Crippen LogP contribution in [0.15, 0.2) is 24.3 Å². The third-order valence-corrected chi connectivity index (χ3v) is 2.18. The van der Waals surface area contributed by atoms with Gasteiger partial charge < -0.3 is 15.8 Å². The number of nitriles is 1. The van der Waals surface area contributed by atoms with Crippen molar-refractivity contribution in [2.24, 2.45) is 5.73 Å². The van der Waals surface area contributed by atoms with Crippen LogP contribution in [-0.4, -0.2) is 18.6 Å². The van der Waals surface area contributed by atoms with Crippen molar-refractivity contribution in [3.05, 3.63) is 24.3 Å². The molecule has 0 saturated carbocycles. The van der Waals surface area contributed by atoms with Crippen molar-refractivity contribution < 1.29 is 9.53 Å². The summed E-state index contributed by atoms with van der Waals surface area (Å²) in [6.45, 7) is 1.82. The minimum absolute atomic E-state index is 0.0220. The predicted molar refractivity (Wildman–Crippen MR) is 64.4 cm³/mol. The Morgan fingerprint density at radius 1 is 1.65 bits per heavy atom. The minimum Gasteiger partial charge on any atom is -0.479 e. The van der Waals surface area contributed by atoms with Crippen molar-refractivity contribution in [1.29, 1.82) is 5.26 Å². The van der Waals surface area contributed by atoms with Gasteiger partial charge in [-0.3, -0.25) is 4.79 Å². The van der Waals surface area contributed by atoms with E-state index in [-0.39, 0.29) is 12.5 Å². The van der Waals surface area contributed by atoms with E-state index in [1.54, 1.807) is 24.3 Å². The molecule has 0 bridgehead atoms. The van der Waals surface area contributed by atoms with Gasteiger partial charge in [0, 0.05) is 11.8 Å². The molecule has 5 heteroatoms. The number of nitrogens with zero attached hydrogens (tertiary/aromatic N) is 1. The van der Waals surface area contributed by atoms with Gasteiger partial charge >= 0.3 is 0 Å². The highest BCUT2D eigenvalue weighted by Crippen LogP contribution is 2.17. The fourth-order valence-electron chi connectivity index (χ4n) is 1.20. The molecule has 1 aromatic rings. The predicted octanol–water partition coefficient (Wildman–Crippen LogP) is 1.26. The molecule has 0 spiro atoms. The Morgan fingerprint density at radius 3 is 3.06 bits per heavy atom. The molecule has 0 saturated heterocycles. The van der Waals surface area contributed by atoms with E-state index in [0.29, 0.717) is 17.9 Å². The van der Waals surface area contributed by atoms with Crippen LogP contribution in [-0.2, 0) is 4.79 Å². The molecule has 0 aliphatic heterocycles. The molecule has 0 aliphatic carbocycles. The molecular formula is C12H15N3O2. The minimum atomic E-state index is -0.515. The van der Waals surface area contributed by atoms with Gasteiger partial charge in [0.2, 0.25) is 5.91 Å². The van der Waals surface area contributed by atoms with Gasteiger partial charge in [-0.05, 0) is 18.6 Å². The Morgan fingerprint density at radius 2 is 2.41 bits per heavy atom. The van der Waals surface area contributed by atoms with Crippen LogP contribution in [0.2, 0.25) is 0 Å². The third kappa shape index (κ3) is 4.13. The van der Waals surface area contributed by atoms with Crippen molar-refractivity contribution in [2.75, 3.05) is 11.9 Å². The summed E-state index contributed by atoms with van der Waals surface area (Å²) in [4.78, 5) is 11.5. The van der Waals surface area contributed by atoms with Gasteiger partial charge in [0.05, 0.1) is 6.04 Å². The highest BCUT2D eigenvalue weighted by Gasteiger charge is 2.10. The van der Waals surface area contributed by atoms with E-state index in [4.69, 9.17) is 15.7 Å². The molecule has 1 rings (SSSR count). The lowest BCUT2D eigenvalue weighted by Crippen LogP contribution is -2.34. The summed E-state index contributed by atoms with van der Waals surface area (Å²) in [5.41, 5.74) is 6.20. The molecule has 3 N–H and O–H groups in total. The average molecular weight is 233 g/mol. The summed E-state index contributed by atoms with van der Waals surface area (Å²) in [6.07, 6.45) is 0.580. The van der Waals surface area contributed by atoms with Gasteiger partial charge in [0.1, 0.15) is 11.8 Å². The largest absolute Gasteiger partial charge is 0.479 e. The first-order valence-corrected chi connectivity index (χ1v) is 5.33. The summed E-state index contributed by atoms with van der Waals surface area (Å²) in [7, 11) is 0. The average Bonchev–Trinajstić information content (AvgIpc) is 2.35. The van der Waals surface area contributed by atoms with Crippen molar-refractivity contribution in [3.8, 4) is 11.8 Å². The second kappa shape index (κ2) is 6.51. The summed E-state index contributed by atoms with van der Waals surface area (Å²) < 4.78 is 5.12. The number of hydrogen-bond acceptors (Lipinski definition) is 4.